The van der Waals surface area contributed by atoms with Crippen molar-refractivity contribution in [2.75, 3.05) is 11.5 Å². The van der Waals surface area contributed by atoms with Gasteiger partial charge in [-0.15, -0.1) is 6.58 Å². The molecule has 0 aliphatic carbocycles. The molecule has 2 heterocycles. The van der Waals surface area contributed by atoms with E-state index in [4.69, 9.17) is 5.73 Å². The monoisotopic (exact) mass is 318 g/mol. The van der Waals surface area contributed by atoms with Crippen LogP contribution in [0.3, 0.4) is 0 Å². The normalized spacial score (nSPS) is 10.6. The molecule has 0 fully saturated rings. The highest BCUT2D eigenvalue weighted by molar-refractivity contribution is 7.99. The first kappa shape index (κ1) is 16.1. The van der Waals surface area contributed by atoms with Crippen molar-refractivity contribution in [3.05, 3.63) is 52.1 Å². The second-order valence-electron chi connectivity index (χ2n) is 4.87. The number of thioether (sulfide) groups is 1. The van der Waals surface area contributed by atoms with Crippen molar-refractivity contribution in [1.82, 2.24) is 14.5 Å². The number of nitrogen functional groups attached to an aromatic ring is 1. The lowest BCUT2D eigenvalue weighted by Crippen LogP contribution is -2.11. The van der Waals surface area contributed by atoms with Gasteiger partial charge in [-0.2, -0.15) is 0 Å². The zero-order valence-corrected chi connectivity index (χ0v) is 13.4. The first-order valence-corrected chi connectivity index (χ1v) is 7.71. The van der Waals surface area contributed by atoms with Crippen molar-refractivity contribution in [2.24, 2.45) is 0 Å². The van der Waals surface area contributed by atoms with Crippen LogP contribution in [-0.4, -0.2) is 26.1 Å². The second kappa shape index (κ2) is 6.65. The Bertz CT molecular complexity index is 776. The summed E-state index contributed by atoms with van der Waals surface area (Å²) in [6, 6.07) is 3.08. The van der Waals surface area contributed by atoms with Crippen LogP contribution in [0.1, 0.15) is 21.7 Å². The first-order chi connectivity index (χ1) is 10.4. The Morgan fingerprint density at radius 2 is 2.23 bits per heavy atom. The quantitative estimate of drug-likeness (QED) is 0.367. The molecule has 22 heavy (non-hydrogen) atoms. The van der Waals surface area contributed by atoms with E-state index in [2.05, 4.69) is 16.5 Å². The van der Waals surface area contributed by atoms with Crippen LogP contribution in [-0.2, 0) is 6.54 Å². The van der Waals surface area contributed by atoms with Crippen molar-refractivity contribution >= 4 is 23.4 Å². The molecule has 0 atom stereocenters. The molecule has 6 nitrogen and oxygen atoms in total. The highest BCUT2D eigenvalue weighted by atomic mass is 32.2. The zero-order chi connectivity index (χ0) is 16.3. The molecule has 0 aromatic carbocycles. The topological polar surface area (TPSA) is 93.8 Å². The highest BCUT2D eigenvalue weighted by Crippen LogP contribution is 2.20. The Hall–Kier alpha value is -2.28. The SMILES string of the molecule is C=CCn1c(C)cc(C(=O)CSc2nc(N)cc(=O)[nH]2)c1C. The predicted molar refractivity (Wildman–Crippen MR) is 88.4 cm³/mol. The van der Waals surface area contributed by atoms with Crippen LogP contribution >= 0.6 is 11.8 Å². The maximum absolute atomic E-state index is 12.4. The lowest BCUT2D eigenvalue weighted by Gasteiger charge is -2.06. The number of aryl methyl sites for hydroxylation is 1. The summed E-state index contributed by atoms with van der Waals surface area (Å²) < 4.78 is 2.03. The van der Waals surface area contributed by atoms with Crippen molar-refractivity contribution in [2.45, 2.75) is 25.5 Å². The van der Waals surface area contributed by atoms with Crippen LogP contribution in [0.5, 0.6) is 0 Å². The van der Waals surface area contributed by atoms with Crippen molar-refractivity contribution in [3.63, 3.8) is 0 Å². The number of Topliss-reactive ketones (excluding diaryl/α,β-unsaturated/α-hetero) is 1. The number of aromatic nitrogens is 3. The van der Waals surface area contributed by atoms with Gasteiger partial charge < -0.3 is 15.3 Å². The Labute approximate surface area is 132 Å². The molecule has 116 valence electrons. The average molecular weight is 318 g/mol. The third-order valence-electron chi connectivity index (χ3n) is 3.27. The Kier molecular flexibility index (Phi) is 4.87. The number of allylic oxidation sites excluding steroid dienone is 1. The van der Waals surface area contributed by atoms with E-state index in [1.807, 2.05) is 24.5 Å². The number of carbonyl (C=O) groups is 1. The molecule has 0 bridgehead atoms. The third kappa shape index (κ3) is 3.48. The van der Waals surface area contributed by atoms with E-state index in [0.29, 0.717) is 17.3 Å². The van der Waals surface area contributed by atoms with Crippen LogP contribution in [0.15, 0.2) is 34.7 Å². The first-order valence-electron chi connectivity index (χ1n) is 6.73. The van der Waals surface area contributed by atoms with Gasteiger partial charge in [0.2, 0.25) is 0 Å². The number of carbonyl (C=O) groups excluding carboxylic acids is 1. The number of hydrogen-bond donors (Lipinski definition) is 2. The van der Waals surface area contributed by atoms with E-state index >= 15 is 0 Å². The number of aromatic amines is 1. The number of nitrogens with zero attached hydrogens (tertiary/aromatic N) is 2. The fraction of sp³-hybridized carbons (Fsp3) is 0.267. The van der Waals surface area contributed by atoms with Gasteiger partial charge in [-0.25, -0.2) is 4.98 Å². The van der Waals surface area contributed by atoms with Gasteiger partial charge in [-0.3, -0.25) is 9.59 Å². The Balaban J connectivity index is 2.14. The van der Waals surface area contributed by atoms with Crippen LogP contribution in [0.4, 0.5) is 5.82 Å². The lowest BCUT2D eigenvalue weighted by molar-refractivity contribution is 0.102. The highest BCUT2D eigenvalue weighted by Gasteiger charge is 2.15. The third-order valence-corrected chi connectivity index (χ3v) is 4.14. The summed E-state index contributed by atoms with van der Waals surface area (Å²) in [5.41, 5.74) is 7.80. The molecule has 0 spiro atoms. The molecular weight excluding hydrogens is 300 g/mol. The number of hydrogen-bond acceptors (Lipinski definition) is 5. The minimum atomic E-state index is -0.327. The summed E-state index contributed by atoms with van der Waals surface area (Å²) in [6.45, 7) is 8.26. The number of ketones is 1. The molecule has 7 heteroatoms. The van der Waals surface area contributed by atoms with Gasteiger partial charge in [0, 0.05) is 29.6 Å². The van der Waals surface area contributed by atoms with Crippen molar-refractivity contribution < 1.29 is 4.79 Å². The summed E-state index contributed by atoms with van der Waals surface area (Å²) >= 11 is 1.16. The van der Waals surface area contributed by atoms with Crippen molar-refractivity contribution in [3.8, 4) is 0 Å². The summed E-state index contributed by atoms with van der Waals surface area (Å²) in [5.74, 6) is 0.312. The number of nitrogens with one attached hydrogen (secondary N) is 1. The van der Waals surface area contributed by atoms with E-state index < -0.39 is 0 Å². The van der Waals surface area contributed by atoms with Crippen LogP contribution in [0, 0.1) is 13.8 Å². The molecule has 3 N–H and O–H groups in total. The van der Waals surface area contributed by atoms with Crippen LogP contribution in [0.2, 0.25) is 0 Å². The molecule has 0 amide bonds. The molecule has 0 saturated carbocycles. The summed E-state index contributed by atoms with van der Waals surface area (Å²) in [5, 5.41) is 0.346. The minimum absolute atomic E-state index is 0.0153. The fourth-order valence-corrected chi connectivity index (χ4v) is 2.99. The number of anilines is 1. The van der Waals surface area contributed by atoms with E-state index in [1.54, 1.807) is 6.08 Å². The van der Waals surface area contributed by atoms with Gasteiger partial charge in [0.25, 0.3) is 5.56 Å². The molecule has 2 aromatic heterocycles. The molecule has 0 aliphatic heterocycles. The molecule has 0 radical (unpaired) electrons. The van der Waals surface area contributed by atoms with Crippen LogP contribution in [0.25, 0.3) is 0 Å². The molecule has 0 unspecified atom stereocenters. The Morgan fingerprint density at radius 3 is 2.86 bits per heavy atom. The van der Waals surface area contributed by atoms with Gasteiger partial charge >= 0.3 is 0 Å². The van der Waals surface area contributed by atoms with Crippen LogP contribution < -0.4 is 11.3 Å². The molecule has 2 rings (SSSR count). The minimum Gasteiger partial charge on any atom is -0.383 e. The smallest absolute Gasteiger partial charge is 0.253 e. The zero-order valence-electron chi connectivity index (χ0n) is 12.5. The number of rotatable bonds is 6. The summed E-state index contributed by atoms with van der Waals surface area (Å²) in [6.07, 6.45) is 1.80. The molecule has 2 aromatic rings. The van der Waals surface area contributed by atoms with E-state index in [0.717, 1.165) is 23.1 Å². The van der Waals surface area contributed by atoms with Gasteiger partial charge in [0.1, 0.15) is 5.82 Å². The van der Waals surface area contributed by atoms with Gasteiger partial charge in [0.05, 0.1) is 5.75 Å². The number of H-pyrrole nitrogens is 1. The van der Waals surface area contributed by atoms with E-state index in [-0.39, 0.29) is 22.9 Å². The molecule has 0 aliphatic rings. The van der Waals surface area contributed by atoms with Gasteiger partial charge in [0.15, 0.2) is 10.9 Å². The Morgan fingerprint density at radius 1 is 1.50 bits per heavy atom. The molecule has 0 saturated heterocycles. The molecular formula is C15H18N4O2S. The largest absolute Gasteiger partial charge is 0.383 e. The standard InChI is InChI=1S/C15H18N4O2S/c1-4-5-19-9(2)6-11(10(19)3)12(20)8-22-15-17-13(16)7-14(21)18-15/h4,6-7H,1,5,8H2,2-3H3,(H3,16,17,18,21). The predicted octanol–water partition coefficient (Wildman–Crippen LogP) is 1.93. The number of nitrogens with two attached hydrogens (primary N) is 1. The van der Waals surface area contributed by atoms with E-state index in [9.17, 15) is 9.59 Å². The summed E-state index contributed by atoms with van der Waals surface area (Å²) in [7, 11) is 0. The maximum Gasteiger partial charge on any atom is 0.253 e. The second-order valence-corrected chi connectivity index (χ2v) is 5.84. The van der Waals surface area contributed by atoms with E-state index in [1.165, 1.54) is 6.07 Å². The fourth-order valence-electron chi connectivity index (χ4n) is 2.23. The lowest BCUT2D eigenvalue weighted by atomic mass is 10.2. The van der Waals surface area contributed by atoms with Gasteiger partial charge in [-0.05, 0) is 19.9 Å². The van der Waals surface area contributed by atoms with Crippen molar-refractivity contribution in [1.29, 1.82) is 0 Å². The average Bonchev–Trinajstić information content (AvgIpc) is 2.72. The summed E-state index contributed by atoms with van der Waals surface area (Å²) in [4.78, 5) is 30.2. The maximum atomic E-state index is 12.4. The van der Waals surface area contributed by atoms with Gasteiger partial charge in [-0.1, -0.05) is 17.8 Å².